The molecule has 1 heterocycles. The van der Waals surface area contributed by atoms with Crippen LogP contribution in [0.5, 0.6) is 0 Å². The molecule has 3 N–H and O–H groups in total. The van der Waals surface area contributed by atoms with Gasteiger partial charge in [-0.05, 0) is 65.2 Å². The molecule has 0 aromatic carbocycles. The maximum Gasteiger partial charge on any atom is 0.237 e. The minimum absolute atomic E-state index is 0.236. The zero-order chi connectivity index (χ0) is 12.7. The van der Waals surface area contributed by atoms with Gasteiger partial charge in [0.1, 0.15) is 0 Å². The Balaban J connectivity index is 2.20. The van der Waals surface area contributed by atoms with Crippen molar-refractivity contribution in [3.05, 3.63) is 0 Å². The summed E-state index contributed by atoms with van der Waals surface area (Å²) in [5.74, 6) is -0.236. The van der Waals surface area contributed by atoms with Crippen LogP contribution in [-0.2, 0) is 4.79 Å². The smallest absolute Gasteiger partial charge is 0.237 e. The van der Waals surface area contributed by atoms with Crippen LogP contribution < -0.4 is 11.1 Å². The Morgan fingerprint density at radius 2 is 2.00 bits per heavy atom. The summed E-state index contributed by atoms with van der Waals surface area (Å²) in [4.78, 5) is 13.9. The third kappa shape index (κ3) is 4.64. The zero-order valence-corrected chi connectivity index (χ0v) is 11.3. The van der Waals surface area contributed by atoms with Gasteiger partial charge >= 0.3 is 0 Å². The lowest BCUT2D eigenvalue weighted by atomic mass is 9.94. The zero-order valence-electron chi connectivity index (χ0n) is 11.3. The topological polar surface area (TPSA) is 58.4 Å². The first-order chi connectivity index (χ1) is 8.08. The van der Waals surface area contributed by atoms with Crippen LogP contribution in [0, 0.1) is 0 Å². The Morgan fingerprint density at radius 1 is 1.35 bits per heavy atom. The number of carbonyl (C=O) groups excluding carboxylic acids is 1. The Hall–Kier alpha value is -0.610. The second-order valence-corrected chi connectivity index (χ2v) is 5.23. The molecule has 1 aliphatic rings. The number of rotatable bonds is 8. The molecule has 0 spiro atoms. The molecule has 1 aliphatic heterocycles. The van der Waals surface area contributed by atoms with E-state index in [2.05, 4.69) is 10.2 Å². The van der Waals surface area contributed by atoms with E-state index in [1.807, 2.05) is 13.8 Å². The number of hydrogen-bond donors (Lipinski definition) is 2. The number of nitrogens with zero attached hydrogens (tertiary/aromatic N) is 1. The van der Waals surface area contributed by atoms with E-state index >= 15 is 0 Å². The van der Waals surface area contributed by atoms with Gasteiger partial charge in [-0.1, -0.05) is 6.92 Å². The first kappa shape index (κ1) is 14.5. The van der Waals surface area contributed by atoms with Gasteiger partial charge in [0, 0.05) is 0 Å². The largest absolute Gasteiger partial charge is 0.368 e. The van der Waals surface area contributed by atoms with Gasteiger partial charge in [-0.15, -0.1) is 0 Å². The molecule has 1 rings (SSSR count). The molecular weight excluding hydrogens is 214 g/mol. The number of carbonyl (C=O) groups is 1. The molecule has 0 aromatic rings. The van der Waals surface area contributed by atoms with E-state index in [9.17, 15) is 4.79 Å². The predicted molar refractivity (Wildman–Crippen MR) is 70.8 cm³/mol. The average Bonchev–Trinajstić information content (AvgIpc) is 2.77. The van der Waals surface area contributed by atoms with Crippen molar-refractivity contribution in [2.45, 2.75) is 51.5 Å². The lowest BCUT2D eigenvalue weighted by molar-refractivity contribution is -0.124. The van der Waals surface area contributed by atoms with Crippen LogP contribution >= 0.6 is 0 Å². The summed E-state index contributed by atoms with van der Waals surface area (Å²) >= 11 is 0. The normalized spacial score (nSPS) is 20.4. The van der Waals surface area contributed by atoms with Crippen LogP contribution in [0.4, 0.5) is 0 Å². The van der Waals surface area contributed by atoms with Crippen LogP contribution in [0.2, 0.25) is 0 Å². The van der Waals surface area contributed by atoms with Crippen molar-refractivity contribution in [3.8, 4) is 0 Å². The number of nitrogens with two attached hydrogens (primary N) is 1. The number of likely N-dealkylation sites (N-methyl/N-ethyl adjacent to an activating group) is 1. The van der Waals surface area contributed by atoms with Gasteiger partial charge in [-0.2, -0.15) is 0 Å². The molecule has 1 unspecified atom stereocenters. The maximum atomic E-state index is 11.4. The highest BCUT2D eigenvalue weighted by molar-refractivity contribution is 5.84. The highest BCUT2D eigenvalue weighted by Crippen LogP contribution is 2.15. The summed E-state index contributed by atoms with van der Waals surface area (Å²) < 4.78 is 0. The molecule has 1 atom stereocenters. The number of likely N-dealkylation sites (tertiary alicyclic amines) is 1. The highest BCUT2D eigenvalue weighted by Gasteiger charge is 2.28. The third-order valence-corrected chi connectivity index (χ3v) is 3.71. The fourth-order valence-corrected chi connectivity index (χ4v) is 2.51. The fourth-order valence-electron chi connectivity index (χ4n) is 2.51. The summed E-state index contributed by atoms with van der Waals surface area (Å²) in [6.45, 7) is 8.37. The Labute approximate surface area is 105 Å². The van der Waals surface area contributed by atoms with E-state index in [4.69, 9.17) is 5.73 Å². The molecule has 100 valence electrons. The second kappa shape index (κ2) is 6.97. The van der Waals surface area contributed by atoms with Crippen LogP contribution in [0.15, 0.2) is 0 Å². The summed E-state index contributed by atoms with van der Waals surface area (Å²) in [7, 11) is 0. The van der Waals surface area contributed by atoms with Crippen molar-refractivity contribution in [2.75, 3.05) is 26.2 Å². The van der Waals surface area contributed by atoms with E-state index in [0.29, 0.717) is 0 Å². The Morgan fingerprint density at radius 3 is 2.53 bits per heavy atom. The van der Waals surface area contributed by atoms with E-state index in [-0.39, 0.29) is 5.91 Å². The summed E-state index contributed by atoms with van der Waals surface area (Å²) in [6.07, 6.45) is 5.74. The molecular formula is C13H27N3O. The Bertz CT molecular complexity index is 239. The van der Waals surface area contributed by atoms with Gasteiger partial charge in [0.25, 0.3) is 0 Å². The lowest BCUT2D eigenvalue weighted by Gasteiger charge is -2.27. The lowest BCUT2D eigenvalue weighted by Crippen LogP contribution is -2.53. The van der Waals surface area contributed by atoms with Crippen LogP contribution in [0.25, 0.3) is 0 Å². The molecule has 4 nitrogen and oxygen atoms in total. The molecule has 0 aromatic heterocycles. The average molecular weight is 241 g/mol. The molecule has 0 aliphatic carbocycles. The second-order valence-electron chi connectivity index (χ2n) is 5.23. The van der Waals surface area contributed by atoms with Gasteiger partial charge in [0.15, 0.2) is 0 Å². The first-order valence-corrected chi connectivity index (χ1v) is 6.86. The van der Waals surface area contributed by atoms with Crippen molar-refractivity contribution in [3.63, 3.8) is 0 Å². The number of nitrogens with one attached hydrogen (secondary N) is 1. The number of primary amides is 1. The maximum absolute atomic E-state index is 11.4. The molecule has 1 amide bonds. The molecule has 1 saturated heterocycles. The number of unbranched alkanes of at least 4 members (excludes halogenated alkanes) is 1. The minimum Gasteiger partial charge on any atom is -0.368 e. The summed E-state index contributed by atoms with van der Waals surface area (Å²) in [5, 5.41) is 3.20. The summed E-state index contributed by atoms with van der Waals surface area (Å²) in [5.41, 5.74) is 4.92. The number of hydrogen-bond acceptors (Lipinski definition) is 3. The standard InChI is InChI=1S/C13H27N3O/c1-3-15-13(2,12(14)17)8-4-5-9-16-10-6-7-11-16/h15H,3-11H2,1-2H3,(H2,14,17). The van der Waals surface area contributed by atoms with Crippen molar-refractivity contribution in [2.24, 2.45) is 5.73 Å². The van der Waals surface area contributed by atoms with Crippen LogP contribution in [-0.4, -0.2) is 42.5 Å². The van der Waals surface area contributed by atoms with Gasteiger partial charge in [0.2, 0.25) is 5.91 Å². The van der Waals surface area contributed by atoms with Gasteiger partial charge < -0.3 is 16.0 Å². The number of amides is 1. The molecule has 0 bridgehead atoms. The van der Waals surface area contributed by atoms with Gasteiger partial charge in [-0.25, -0.2) is 0 Å². The minimum atomic E-state index is -0.528. The van der Waals surface area contributed by atoms with E-state index in [0.717, 1.165) is 25.8 Å². The third-order valence-electron chi connectivity index (χ3n) is 3.71. The monoisotopic (exact) mass is 241 g/mol. The van der Waals surface area contributed by atoms with E-state index < -0.39 is 5.54 Å². The summed E-state index contributed by atoms with van der Waals surface area (Å²) in [6, 6.07) is 0. The Kier molecular flexibility index (Phi) is 5.92. The molecule has 17 heavy (non-hydrogen) atoms. The van der Waals surface area contributed by atoms with E-state index in [1.165, 1.54) is 32.5 Å². The molecule has 4 heteroatoms. The van der Waals surface area contributed by atoms with E-state index in [1.54, 1.807) is 0 Å². The van der Waals surface area contributed by atoms with Crippen LogP contribution in [0.1, 0.15) is 46.0 Å². The highest BCUT2D eigenvalue weighted by atomic mass is 16.1. The van der Waals surface area contributed by atoms with Gasteiger partial charge in [0.05, 0.1) is 5.54 Å². The SMILES string of the molecule is CCNC(C)(CCCCN1CCCC1)C(N)=O. The van der Waals surface area contributed by atoms with Gasteiger partial charge in [-0.3, -0.25) is 4.79 Å². The fraction of sp³-hybridized carbons (Fsp3) is 0.923. The first-order valence-electron chi connectivity index (χ1n) is 6.86. The predicted octanol–water partition coefficient (Wildman–Crippen LogP) is 1.11. The quantitative estimate of drug-likeness (QED) is 0.626. The van der Waals surface area contributed by atoms with Crippen molar-refractivity contribution in [1.82, 2.24) is 10.2 Å². The van der Waals surface area contributed by atoms with Crippen molar-refractivity contribution in [1.29, 1.82) is 0 Å². The van der Waals surface area contributed by atoms with Crippen molar-refractivity contribution >= 4 is 5.91 Å². The molecule has 0 radical (unpaired) electrons. The molecule has 0 saturated carbocycles. The van der Waals surface area contributed by atoms with Crippen LogP contribution in [0.3, 0.4) is 0 Å². The molecule has 1 fully saturated rings. The van der Waals surface area contributed by atoms with Crippen molar-refractivity contribution < 1.29 is 4.79 Å².